The first kappa shape index (κ1) is 13.4. The quantitative estimate of drug-likeness (QED) is 0.838. The largest absolute Gasteiger partial charge is 0.497 e. The van der Waals surface area contributed by atoms with Gasteiger partial charge in [-0.1, -0.05) is 0 Å². The highest BCUT2D eigenvalue weighted by molar-refractivity contribution is 5.63. The summed E-state index contributed by atoms with van der Waals surface area (Å²) in [6.07, 6.45) is 2.50. The fourth-order valence-corrected chi connectivity index (χ4v) is 2.83. The highest BCUT2D eigenvalue weighted by atomic mass is 16.5. The minimum absolute atomic E-state index is 0.0145. The van der Waals surface area contributed by atoms with Crippen LogP contribution in [-0.4, -0.2) is 49.3 Å². The smallest absolute Gasteiger partial charge is 0.127 e. The minimum atomic E-state index is -0.550. The predicted octanol–water partition coefficient (Wildman–Crippen LogP) is 1.22. The van der Waals surface area contributed by atoms with Crippen LogP contribution in [0.25, 0.3) is 0 Å². The van der Waals surface area contributed by atoms with Crippen LogP contribution in [0.2, 0.25) is 0 Å². The van der Waals surface area contributed by atoms with Crippen molar-refractivity contribution < 1.29 is 14.6 Å². The minimum Gasteiger partial charge on any atom is -0.497 e. The Bertz CT molecular complexity index is 530. The lowest BCUT2D eigenvalue weighted by Gasteiger charge is -2.17. The van der Waals surface area contributed by atoms with Gasteiger partial charge in [0.1, 0.15) is 17.6 Å². The van der Waals surface area contributed by atoms with Gasteiger partial charge in [-0.25, -0.2) is 0 Å². The molecule has 2 heterocycles. The van der Waals surface area contributed by atoms with Crippen molar-refractivity contribution in [1.29, 1.82) is 0 Å². The number of aliphatic hydroxyl groups excluding tert-OH is 1. The van der Waals surface area contributed by atoms with Crippen LogP contribution >= 0.6 is 0 Å². The molecule has 0 spiro atoms. The van der Waals surface area contributed by atoms with Gasteiger partial charge in [0.2, 0.25) is 0 Å². The number of benzene rings is 1. The van der Waals surface area contributed by atoms with Crippen molar-refractivity contribution in [3.8, 4) is 11.5 Å². The maximum absolute atomic E-state index is 9.95. The lowest BCUT2D eigenvalue weighted by atomic mass is 10.00. The molecule has 0 saturated heterocycles. The Labute approximate surface area is 118 Å². The number of rotatable bonds is 1. The Morgan fingerprint density at radius 3 is 3.10 bits per heavy atom. The third-order valence-corrected chi connectivity index (χ3v) is 3.78. The molecular weight excluding hydrogens is 256 g/mol. The van der Waals surface area contributed by atoms with Gasteiger partial charge in [0.25, 0.3) is 0 Å². The van der Waals surface area contributed by atoms with Gasteiger partial charge < -0.3 is 14.6 Å². The molecule has 0 amide bonds. The standard InChI is InChI=1S/C15H20N2O3/c1-17-8-10-3-12(19-2)6-15-14(10)5-13(20-15)4-11(18)7-16-9-17/h3,6-7,11,13,18H,4-5,8-9H2,1-2H3/b16-7+. The summed E-state index contributed by atoms with van der Waals surface area (Å²) in [5.41, 5.74) is 2.45. The van der Waals surface area contributed by atoms with E-state index in [0.717, 1.165) is 24.5 Å². The Kier molecular flexibility index (Phi) is 3.63. The van der Waals surface area contributed by atoms with E-state index >= 15 is 0 Å². The molecule has 2 aliphatic heterocycles. The Morgan fingerprint density at radius 1 is 1.45 bits per heavy atom. The highest BCUT2D eigenvalue weighted by Gasteiger charge is 2.28. The number of aliphatic imine (C=N–C) groups is 1. The molecule has 108 valence electrons. The van der Waals surface area contributed by atoms with E-state index in [-0.39, 0.29) is 6.10 Å². The van der Waals surface area contributed by atoms with Crippen molar-refractivity contribution >= 4 is 6.21 Å². The molecule has 0 fully saturated rings. The van der Waals surface area contributed by atoms with Gasteiger partial charge in [0.05, 0.1) is 19.9 Å². The third kappa shape index (κ3) is 2.64. The van der Waals surface area contributed by atoms with Crippen molar-refractivity contribution in [2.75, 3.05) is 20.8 Å². The van der Waals surface area contributed by atoms with E-state index in [0.29, 0.717) is 13.1 Å². The van der Waals surface area contributed by atoms with Crippen LogP contribution in [-0.2, 0) is 13.0 Å². The van der Waals surface area contributed by atoms with E-state index in [1.54, 1.807) is 13.3 Å². The maximum atomic E-state index is 9.95. The molecule has 0 saturated carbocycles. The fourth-order valence-electron chi connectivity index (χ4n) is 2.83. The molecule has 1 aromatic rings. The van der Waals surface area contributed by atoms with Gasteiger partial charge in [-0.2, -0.15) is 0 Å². The second kappa shape index (κ2) is 5.42. The van der Waals surface area contributed by atoms with Crippen molar-refractivity contribution in [1.82, 2.24) is 4.90 Å². The van der Waals surface area contributed by atoms with Crippen molar-refractivity contribution in [3.05, 3.63) is 23.3 Å². The Balaban J connectivity index is 1.98. The number of ether oxygens (including phenoxy) is 2. The summed E-state index contributed by atoms with van der Waals surface area (Å²) in [6.45, 7) is 1.37. The van der Waals surface area contributed by atoms with Crippen LogP contribution in [0, 0.1) is 0 Å². The zero-order valence-corrected chi connectivity index (χ0v) is 11.9. The number of hydrogen-bond acceptors (Lipinski definition) is 5. The number of fused-ring (bicyclic) bond motifs is 1. The second-order valence-electron chi connectivity index (χ2n) is 5.50. The summed E-state index contributed by atoms with van der Waals surface area (Å²) >= 11 is 0. The molecule has 2 bridgehead atoms. The molecule has 2 atom stereocenters. The van der Waals surface area contributed by atoms with Crippen LogP contribution in [0.4, 0.5) is 0 Å². The van der Waals surface area contributed by atoms with Gasteiger partial charge in [-0.15, -0.1) is 0 Å². The van der Waals surface area contributed by atoms with E-state index in [9.17, 15) is 5.11 Å². The van der Waals surface area contributed by atoms with Gasteiger partial charge in [-0.3, -0.25) is 9.89 Å². The normalized spacial score (nSPS) is 27.6. The van der Waals surface area contributed by atoms with Crippen LogP contribution < -0.4 is 9.47 Å². The van der Waals surface area contributed by atoms with Crippen molar-refractivity contribution in [3.63, 3.8) is 0 Å². The fraction of sp³-hybridized carbons (Fsp3) is 0.533. The van der Waals surface area contributed by atoms with Crippen LogP contribution in [0.15, 0.2) is 17.1 Å². The molecule has 3 rings (SSSR count). The van der Waals surface area contributed by atoms with Gasteiger partial charge in [0.15, 0.2) is 0 Å². The molecule has 0 radical (unpaired) electrons. The summed E-state index contributed by atoms with van der Waals surface area (Å²) in [5.74, 6) is 1.70. The lowest BCUT2D eigenvalue weighted by molar-refractivity contribution is 0.148. The molecule has 2 unspecified atom stereocenters. The summed E-state index contributed by atoms with van der Waals surface area (Å²) < 4.78 is 11.3. The highest BCUT2D eigenvalue weighted by Crippen LogP contribution is 2.37. The topological polar surface area (TPSA) is 54.3 Å². The lowest BCUT2D eigenvalue weighted by Crippen LogP contribution is -2.23. The van der Waals surface area contributed by atoms with Crippen LogP contribution in [0.1, 0.15) is 17.5 Å². The number of methoxy groups -OCH3 is 1. The average molecular weight is 276 g/mol. The average Bonchev–Trinajstić information content (AvgIpc) is 2.79. The number of hydrogen-bond donors (Lipinski definition) is 1. The molecule has 1 aromatic carbocycles. The summed E-state index contributed by atoms with van der Waals surface area (Å²) in [7, 11) is 3.68. The third-order valence-electron chi connectivity index (χ3n) is 3.78. The molecule has 20 heavy (non-hydrogen) atoms. The number of nitrogens with zero attached hydrogens (tertiary/aromatic N) is 2. The second-order valence-corrected chi connectivity index (χ2v) is 5.50. The maximum Gasteiger partial charge on any atom is 0.127 e. The summed E-state index contributed by atoms with van der Waals surface area (Å²) in [4.78, 5) is 6.38. The van der Waals surface area contributed by atoms with Crippen molar-refractivity contribution in [2.45, 2.75) is 31.6 Å². The molecule has 2 aliphatic rings. The summed E-state index contributed by atoms with van der Waals surface area (Å²) in [6, 6.07) is 4.00. The molecular formula is C15H20N2O3. The number of aliphatic hydroxyl groups is 1. The first-order chi connectivity index (χ1) is 9.65. The monoisotopic (exact) mass is 276 g/mol. The van der Waals surface area contributed by atoms with Crippen LogP contribution in [0.3, 0.4) is 0 Å². The van der Waals surface area contributed by atoms with E-state index < -0.39 is 6.10 Å². The van der Waals surface area contributed by atoms with Gasteiger partial charge >= 0.3 is 0 Å². The molecule has 5 heteroatoms. The Hall–Kier alpha value is -1.59. The first-order valence-electron chi connectivity index (χ1n) is 6.88. The first-order valence-corrected chi connectivity index (χ1v) is 6.88. The summed E-state index contributed by atoms with van der Waals surface area (Å²) in [5, 5.41) is 9.95. The van der Waals surface area contributed by atoms with E-state index in [2.05, 4.69) is 16.0 Å². The zero-order valence-electron chi connectivity index (χ0n) is 11.9. The van der Waals surface area contributed by atoms with Crippen LogP contribution in [0.5, 0.6) is 11.5 Å². The SMILES string of the molecule is COc1cc2c3c(c1)OC(C3)CC(O)/C=N/CN(C)C2. The van der Waals surface area contributed by atoms with E-state index in [1.165, 1.54) is 11.1 Å². The zero-order chi connectivity index (χ0) is 14.1. The molecule has 1 N–H and O–H groups in total. The molecule has 5 nitrogen and oxygen atoms in total. The van der Waals surface area contributed by atoms with Crippen molar-refractivity contribution in [2.24, 2.45) is 4.99 Å². The van der Waals surface area contributed by atoms with Gasteiger partial charge in [0, 0.05) is 37.2 Å². The molecule has 0 aliphatic carbocycles. The molecule has 0 aromatic heterocycles. The predicted molar refractivity (Wildman–Crippen MR) is 76.6 cm³/mol. The Morgan fingerprint density at radius 2 is 2.30 bits per heavy atom. The van der Waals surface area contributed by atoms with E-state index in [1.807, 2.05) is 13.1 Å². The van der Waals surface area contributed by atoms with Gasteiger partial charge in [-0.05, 0) is 18.7 Å². The van der Waals surface area contributed by atoms with E-state index in [4.69, 9.17) is 9.47 Å².